The van der Waals surface area contributed by atoms with Crippen molar-refractivity contribution < 1.29 is 13.9 Å². The summed E-state index contributed by atoms with van der Waals surface area (Å²) >= 11 is 0. The van der Waals surface area contributed by atoms with Crippen LogP contribution in [0.25, 0.3) is 11.1 Å². The first-order chi connectivity index (χ1) is 14.7. The van der Waals surface area contributed by atoms with Gasteiger partial charge in [-0.15, -0.1) is 0 Å². The molecule has 1 fully saturated rings. The molecule has 0 aromatic heterocycles. The van der Waals surface area contributed by atoms with Gasteiger partial charge in [0.1, 0.15) is 23.1 Å². The summed E-state index contributed by atoms with van der Waals surface area (Å²) in [5.74, 6) is 1.63. The van der Waals surface area contributed by atoms with Crippen molar-refractivity contribution in [3.05, 3.63) is 72.5 Å². The number of rotatable bonds is 6. The Hall–Kier alpha value is -3.52. The average molecular weight is 402 g/mol. The molecule has 1 aliphatic heterocycles. The van der Waals surface area contributed by atoms with Crippen molar-refractivity contribution in [2.45, 2.75) is 25.3 Å². The Bertz CT molecular complexity index is 1060. The van der Waals surface area contributed by atoms with Crippen LogP contribution in [-0.2, 0) is 0 Å². The number of anilines is 1. The Balaban J connectivity index is 1.52. The number of benzene rings is 3. The number of nitrogens with zero attached hydrogens (tertiary/aromatic N) is 2. The number of ether oxygens (including phenoxy) is 2. The third-order valence-corrected chi connectivity index (χ3v) is 5.43. The minimum absolute atomic E-state index is 0.288. The predicted molar refractivity (Wildman–Crippen MR) is 116 cm³/mol. The fourth-order valence-corrected chi connectivity index (χ4v) is 3.91. The highest BCUT2D eigenvalue weighted by Gasteiger charge is 2.24. The van der Waals surface area contributed by atoms with Gasteiger partial charge in [-0.3, -0.25) is 0 Å². The van der Waals surface area contributed by atoms with Crippen LogP contribution in [0.15, 0.2) is 66.7 Å². The zero-order valence-electron chi connectivity index (χ0n) is 16.8. The summed E-state index contributed by atoms with van der Waals surface area (Å²) < 4.78 is 25.5. The summed E-state index contributed by atoms with van der Waals surface area (Å²) in [5, 5.41) is 9.02. The van der Waals surface area contributed by atoms with Crippen molar-refractivity contribution in [1.29, 1.82) is 5.26 Å². The monoisotopic (exact) mass is 402 g/mol. The minimum atomic E-state index is -0.310. The van der Waals surface area contributed by atoms with Crippen molar-refractivity contribution in [2.24, 2.45) is 0 Å². The van der Waals surface area contributed by atoms with Crippen LogP contribution in [0, 0.1) is 17.1 Å². The van der Waals surface area contributed by atoms with E-state index in [0.717, 1.165) is 30.6 Å². The van der Waals surface area contributed by atoms with E-state index in [2.05, 4.69) is 11.0 Å². The van der Waals surface area contributed by atoms with Crippen molar-refractivity contribution >= 4 is 5.69 Å². The lowest BCUT2D eigenvalue weighted by Gasteiger charge is -2.25. The highest BCUT2D eigenvalue weighted by Crippen LogP contribution is 2.33. The van der Waals surface area contributed by atoms with Gasteiger partial charge in [-0.2, -0.15) is 5.26 Å². The first kappa shape index (κ1) is 19.8. The van der Waals surface area contributed by atoms with Crippen molar-refractivity contribution in [2.75, 3.05) is 18.6 Å². The molecule has 0 amide bonds. The third kappa shape index (κ3) is 4.23. The second-order valence-electron chi connectivity index (χ2n) is 7.32. The van der Waals surface area contributed by atoms with Gasteiger partial charge in [0.05, 0.1) is 19.6 Å². The van der Waals surface area contributed by atoms with Crippen LogP contribution in [0.2, 0.25) is 0 Å². The third-order valence-electron chi connectivity index (χ3n) is 5.43. The lowest BCUT2D eigenvalue weighted by atomic mass is 10.0. The summed E-state index contributed by atoms with van der Waals surface area (Å²) in [4.78, 5) is 2.29. The molecule has 1 heterocycles. The molecule has 4 nitrogen and oxygen atoms in total. The molecule has 0 N–H and O–H groups in total. The number of methoxy groups -OCH3 is 1. The Kier molecular flexibility index (Phi) is 5.85. The van der Waals surface area contributed by atoms with Gasteiger partial charge in [0.15, 0.2) is 0 Å². The van der Waals surface area contributed by atoms with Crippen LogP contribution >= 0.6 is 0 Å². The standard InChI is InChI=1S/C25H23FN2O2/c1-29-22-11-12-25(26)24(17-22)18-4-2-6-23(16-18)30-21-9-7-20(8-10-21)28-15-3-5-19(28)13-14-27/h2,4,6-12,16-17,19H,3,5,13,15H2,1H3/t19-/m0/s1. The van der Waals surface area contributed by atoms with Gasteiger partial charge in [0.2, 0.25) is 0 Å². The quantitative estimate of drug-likeness (QED) is 0.494. The summed E-state index contributed by atoms with van der Waals surface area (Å²) in [6, 6.07) is 22.5. The molecule has 3 aromatic carbocycles. The largest absolute Gasteiger partial charge is 0.497 e. The molecular weight excluding hydrogens is 379 g/mol. The van der Waals surface area contributed by atoms with E-state index >= 15 is 0 Å². The van der Waals surface area contributed by atoms with E-state index in [0.29, 0.717) is 29.2 Å². The molecule has 4 rings (SSSR count). The summed E-state index contributed by atoms with van der Waals surface area (Å²) in [6.07, 6.45) is 2.71. The molecule has 0 spiro atoms. The SMILES string of the molecule is COc1ccc(F)c(-c2cccc(Oc3ccc(N4CCC[C@H]4CC#N)cc3)c2)c1. The number of hydrogen-bond donors (Lipinski definition) is 0. The summed E-state index contributed by atoms with van der Waals surface area (Å²) in [6.45, 7) is 0.973. The molecule has 0 saturated carbocycles. The van der Waals surface area contributed by atoms with Crippen LogP contribution in [0.5, 0.6) is 17.2 Å². The van der Waals surface area contributed by atoms with Crippen molar-refractivity contribution in [1.82, 2.24) is 0 Å². The van der Waals surface area contributed by atoms with Crippen LogP contribution in [-0.4, -0.2) is 19.7 Å². The van der Waals surface area contributed by atoms with E-state index in [9.17, 15) is 4.39 Å². The molecule has 152 valence electrons. The lowest BCUT2D eigenvalue weighted by Crippen LogP contribution is -2.28. The van der Waals surface area contributed by atoms with E-state index in [-0.39, 0.29) is 11.9 Å². The van der Waals surface area contributed by atoms with Crippen LogP contribution < -0.4 is 14.4 Å². The number of nitriles is 1. The zero-order valence-corrected chi connectivity index (χ0v) is 16.8. The van der Waals surface area contributed by atoms with E-state index in [1.807, 2.05) is 48.5 Å². The van der Waals surface area contributed by atoms with Crippen molar-refractivity contribution in [3.63, 3.8) is 0 Å². The van der Waals surface area contributed by atoms with Gasteiger partial charge in [0, 0.05) is 23.8 Å². The van der Waals surface area contributed by atoms with Gasteiger partial charge in [-0.25, -0.2) is 4.39 Å². The van der Waals surface area contributed by atoms with Gasteiger partial charge in [-0.05, 0) is 73.0 Å². The average Bonchev–Trinajstić information content (AvgIpc) is 3.23. The molecule has 3 aromatic rings. The number of halogens is 1. The maximum atomic E-state index is 14.3. The van der Waals surface area contributed by atoms with Gasteiger partial charge >= 0.3 is 0 Å². The molecule has 1 atom stereocenters. The van der Waals surface area contributed by atoms with Gasteiger partial charge in [0.25, 0.3) is 0 Å². The molecule has 30 heavy (non-hydrogen) atoms. The van der Waals surface area contributed by atoms with E-state index in [1.165, 1.54) is 6.07 Å². The highest BCUT2D eigenvalue weighted by molar-refractivity contribution is 5.67. The fourth-order valence-electron chi connectivity index (χ4n) is 3.91. The molecule has 0 radical (unpaired) electrons. The summed E-state index contributed by atoms with van der Waals surface area (Å²) in [5.41, 5.74) is 2.29. The fraction of sp³-hybridized carbons (Fsp3) is 0.240. The van der Waals surface area contributed by atoms with Crippen molar-refractivity contribution in [3.8, 4) is 34.4 Å². The molecule has 1 saturated heterocycles. The molecule has 0 bridgehead atoms. The second kappa shape index (κ2) is 8.87. The van der Waals surface area contributed by atoms with E-state index in [1.54, 1.807) is 19.2 Å². The number of hydrogen-bond acceptors (Lipinski definition) is 4. The van der Waals surface area contributed by atoms with Crippen LogP contribution in [0.4, 0.5) is 10.1 Å². The Morgan fingerprint density at radius 3 is 2.60 bits per heavy atom. The first-order valence-electron chi connectivity index (χ1n) is 10.0. The lowest BCUT2D eigenvalue weighted by molar-refractivity contribution is 0.414. The Labute approximate surface area is 176 Å². The smallest absolute Gasteiger partial charge is 0.131 e. The molecule has 0 aliphatic carbocycles. The summed E-state index contributed by atoms with van der Waals surface area (Å²) in [7, 11) is 1.56. The first-order valence-corrected chi connectivity index (χ1v) is 10.0. The molecular formula is C25H23FN2O2. The molecule has 1 aliphatic rings. The van der Waals surface area contributed by atoms with E-state index in [4.69, 9.17) is 14.7 Å². The maximum absolute atomic E-state index is 14.3. The maximum Gasteiger partial charge on any atom is 0.131 e. The Morgan fingerprint density at radius 2 is 1.83 bits per heavy atom. The minimum Gasteiger partial charge on any atom is -0.497 e. The van der Waals surface area contributed by atoms with Gasteiger partial charge < -0.3 is 14.4 Å². The van der Waals surface area contributed by atoms with Crippen LogP contribution in [0.3, 0.4) is 0 Å². The zero-order chi connectivity index (χ0) is 20.9. The predicted octanol–water partition coefficient (Wildman–Crippen LogP) is 6.18. The topological polar surface area (TPSA) is 45.5 Å². The second-order valence-corrected chi connectivity index (χ2v) is 7.32. The van der Waals surface area contributed by atoms with E-state index < -0.39 is 0 Å². The normalized spacial score (nSPS) is 15.6. The van der Waals surface area contributed by atoms with Gasteiger partial charge in [-0.1, -0.05) is 12.1 Å². The Morgan fingerprint density at radius 1 is 1.03 bits per heavy atom. The van der Waals surface area contributed by atoms with Crippen LogP contribution in [0.1, 0.15) is 19.3 Å². The molecule has 0 unspecified atom stereocenters. The molecule has 5 heteroatoms. The highest BCUT2D eigenvalue weighted by atomic mass is 19.1.